The summed E-state index contributed by atoms with van der Waals surface area (Å²) in [6.45, 7) is 0.991. The minimum Gasteiger partial charge on any atom is -0.395 e. The second kappa shape index (κ2) is 6.86. The fraction of sp³-hybridized carbons (Fsp3) is 0.562. The van der Waals surface area contributed by atoms with Crippen molar-refractivity contribution in [3.63, 3.8) is 0 Å². The third kappa shape index (κ3) is 3.38. The Bertz CT molecular complexity index is 460. The van der Waals surface area contributed by atoms with Gasteiger partial charge in [0.2, 0.25) is 5.91 Å². The predicted octanol–water partition coefficient (Wildman–Crippen LogP) is 1.45. The van der Waals surface area contributed by atoms with E-state index in [1.165, 1.54) is 11.1 Å². The normalized spacial score (nSPS) is 17.9. The molecule has 0 fully saturated rings. The number of hydrogen-bond donors (Lipinski definition) is 1. The molecule has 0 aromatic heterocycles. The SMILES string of the molecule is CN(C)C(=O)CN(CCO)C1CCCc2ccccc21. The quantitative estimate of drug-likeness (QED) is 0.885. The van der Waals surface area contributed by atoms with Gasteiger partial charge in [-0.2, -0.15) is 0 Å². The van der Waals surface area contributed by atoms with Crippen LogP contribution >= 0.6 is 0 Å². The number of aliphatic hydroxyl groups is 1. The largest absolute Gasteiger partial charge is 0.395 e. The summed E-state index contributed by atoms with van der Waals surface area (Å²) in [5.41, 5.74) is 2.70. The molecule has 0 saturated carbocycles. The third-order valence-corrected chi connectivity index (χ3v) is 4.00. The maximum Gasteiger partial charge on any atom is 0.236 e. The highest BCUT2D eigenvalue weighted by Gasteiger charge is 2.27. The summed E-state index contributed by atoms with van der Waals surface area (Å²) in [7, 11) is 3.54. The van der Waals surface area contributed by atoms with Crippen LogP contribution in [0.3, 0.4) is 0 Å². The first-order chi connectivity index (χ1) is 9.63. The molecule has 1 aliphatic carbocycles. The van der Waals surface area contributed by atoms with Crippen molar-refractivity contribution < 1.29 is 9.90 Å². The van der Waals surface area contributed by atoms with Gasteiger partial charge in [-0.05, 0) is 30.4 Å². The monoisotopic (exact) mass is 276 g/mol. The second-order valence-corrected chi connectivity index (χ2v) is 5.59. The summed E-state index contributed by atoms with van der Waals surface area (Å²) in [5.74, 6) is 0.0847. The van der Waals surface area contributed by atoms with Gasteiger partial charge in [-0.25, -0.2) is 0 Å². The standard InChI is InChI=1S/C16H24N2O2/c1-17(2)16(20)12-18(10-11-19)15-9-5-7-13-6-3-4-8-14(13)15/h3-4,6,8,15,19H,5,7,9-12H2,1-2H3. The van der Waals surface area contributed by atoms with Gasteiger partial charge in [0.25, 0.3) is 0 Å². The molecule has 1 aromatic carbocycles. The minimum atomic E-state index is 0.0827. The van der Waals surface area contributed by atoms with Crippen molar-refractivity contribution in [1.82, 2.24) is 9.80 Å². The van der Waals surface area contributed by atoms with Gasteiger partial charge in [-0.1, -0.05) is 24.3 Å². The molecule has 0 aliphatic heterocycles. The second-order valence-electron chi connectivity index (χ2n) is 5.59. The van der Waals surface area contributed by atoms with Crippen molar-refractivity contribution in [2.45, 2.75) is 25.3 Å². The lowest BCUT2D eigenvalue weighted by Crippen LogP contribution is -2.41. The van der Waals surface area contributed by atoms with E-state index in [0.29, 0.717) is 13.1 Å². The molecular weight excluding hydrogens is 252 g/mol. The van der Waals surface area contributed by atoms with E-state index in [1.54, 1.807) is 19.0 Å². The van der Waals surface area contributed by atoms with E-state index in [9.17, 15) is 9.90 Å². The molecule has 1 atom stereocenters. The lowest BCUT2D eigenvalue weighted by molar-refractivity contribution is -0.130. The smallest absolute Gasteiger partial charge is 0.236 e. The zero-order chi connectivity index (χ0) is 14.5. The highest BCUT2D eigenvalue weighted by atomic mass is 16.3. The highest BCUT2D eigenvalue weighted by molar-refractivity contribution is 5.77. The van der Waals surface area contributed by atoms with Gasteiger partial charge in [0.15, 0.2) is 0 Å². The van der Waals surface area contributed by atoms with Crippen molar-refractivity contribution in [2.24, 2.45) is 0 Å². The zero-order valence-electron chi connectivity index (χ0n) is 12.4. The van der Waals surface area contributed by atoms with Crippen LogP contribution in [0.4, 0.5) is 0 Å². The Kier molecular flexibility index (Phi) is 5.15. The minimum absolute atomic E-state index is 0.0827. The third-order valence-electron chi connectivity index (χ3n) is 4.00. The fourth-order valence-electron chi connectivity index (χ4n) is 2.90. The number of aliphatic hydroxyl groups excluding tert-OH is 1. The summed E-state index contributed by atoms with van der Waals surface area (Å²) in [6, 6.07) is 8.71. The van der Waals surface area contributed by atoms with Crippen LogP contribution in [0, 0.1) is 0 Å². The topological polar surface area (TPSA) is 43.8 Å². The Balaban J connectivity index is 2.20. The van der Waals surface area contributed by atoms with Crippen molar-refractivity contribution in [3.05, 3.63) is 35.4 Å². The summed E-state index contributed by atoms with van der Waals surface area (Å²) in [5, 5.41) is 9.30. The molecule has 1 N–H and O–H groups in total. The van der Waals surface area contributed by atoms with Gasteiger partial charge >= 0.3 is 0 Å². The molecule has 0 spiro atoms. The van der Waals surface area contributed by atoms with Crippen molar-refractivity contribution in [2.75, 3.05) is 33.8 Å². The number of aryl methyl sites for hydroxylation is 1. The summed E-state index contributed by atoms with van der Waals surface area (Å²) in [6.07, 6.45) is 3.30. The average Bonchev–Trinajstić information content (AvgIpc) is 2.46. The number of likely N-dealkylation sites (N-methyl/N-ethyl adjacent to an activating group) is 1. The summed E-state index contributed by atoms with van der Waals surface area (Å²) < 4.78 is 0. The summed E-state index contributed by atoms with van der Waals surface area (Å²) >= 11 is 0. The number of carbonyl (C=O) groups excluding carboxylic acids is 1. The van der Waals surface area contributed by atoms with E-state index < -0.39 is 0 Å². The molecule has 4 nitrogen and oxygen atoms in total. The van der Waals surface area contributed by atoms with E-state index in [-0.39, 0.29) is 18.6 Å². The lowest BCUT2D eigenvalue weighted by atomic mass is 9.87. The molecule has 0 heterocycles. The molecule has 2 rings (SSSR count). The Labute approximate surface area is 121 Å². The van der Waals surface area contributed by atoms with Crippen LogP contribution < -0.4 is 0 Å². The Hall–Kier alpha value is -1.39. The molecule has 4 heteroatoms. The van der Waals surface area contributed by atoms with Crippen molar-refractivity contribution in [3.8, 4) is 0 Å². The lowest BCUT2D eigenvalue weighted by Gasteiger charge is -2.35. The van der Waals surface area contributed by atoms with Gasteiger partial charge in [0.05, 0.1) is 13.2 Å². The molecule has 1 amide bonds. The van der Waals surface area contributed by atoms with Crippen molar-refractivity contribution >= 4 is 5.91 Å². The molecule has 0 bridgehead atoms. The van der Waals surface area contributed by atoms with Crippen LogP contribution in [0.5, 0.6) is 0 Å². The van der Waals surface area contributed by atoms with Crippen LogP contribution in [-0.2, 0) is 11.2 Å². The van der Waals surface area contributed by atoms with E-state index in [1.807, 2.05) is 0 Å². The summed E-state index contributed by atoms with van der Waals surface area (Å²) in [4.78, 5) is 15.7. The van der Waals surface area contributed by atoms with Crippen LogP contribution in [0.25, 0.3) is 0 Å². The number of hydrogen-bond acceptors (Lipinski definition) is 3. The maximum atomic E-state index is 12.0. The van der Waals surface area contributed by atoms with Gasteiger partial charge in [-0.3, -0.25) is 9.69 Å². The number of carbonyl (C=O) groups is 1. The van der Waals surface area contributed by atoms with Gasteiger partial charge in [0, 0.05) is 26.7 Å². The molecule has 1 aliphatic rings. The molecule has 20 heavy (non-hydrogen) atoms. The molecule has 1 aromatic rings. The van der Waals surface area contributed by atoms with E-state index >= 15 is 0 Å². The highest BCUT2D eigenvalue weighted by Crippen LogP contribution is 2.33. The van der Waals surface area contributed by atoms with E-state index in [2.05, 4.69) is 29.2 Å². The average molecular weight is 276 g/mol. The van der Waals surface area contributed by atoms with Crippen LogP contribution in [-0.4, -0.2) is 54.6 Å². The molecule has 0 radical (unpaired) electrons. The Morgan fingerprint density at radius 1 is 1.35 bits per heavy atom. The number of fused-ring (bicyclic) bond motifs is 1. The van der Waals surface area contributed by atoms with E-state index in [0.717, 1.165) is 19.3 Å². The Morgan fingerprint density at radius 3 is 2.80 bits per heavy atom. The molecule has 110 valence electrons. The van der Waals surface area contributed by atoms with Gasteiger partial charge < -0.3 is 10.0 Å². The molecular formula is C16H24N2O2. The maximum absolute atomic E-state index is 12.0. The van der Waals surface area contributed by atoms with E-state index in [4.69, 9.17) is 0 Å². The van der Waals surface area contributed by atoms with Crippen LogP contribution in [0.1, 0.15) is 30.0 Å². The number of benzene rings is 1. The Morgan fingerprint density at radius 2 is 2.10 bits per heavy atom. The van der Waals surface area contributed by atoms with Crippen molar-refractivity contribution in [1.29, 1.82) is 0 Å². The van der Waals surface area contributed by atoms with Gasteiger partial charge in [-0.15, -0.1) is 0 Å². The first-order valence-electron chi connectivity index (χ1n) is 7.26. The number of amides is 1. The fourth-order valence-corrected chi connectivity index (χ4v) is 2.90. The van der Waals surface area contributed by atoms with Crippen LogP contribution in [0.15, 0.2) is 24.3 Å². The first-order valence-corrected chi connectivity index (χ1v) is 7.26. The predicted molar refractivity (Wildman–Crippen MR) is 79.5 cm³/mol. The van der Waals surface area contributed by atoms with Gasteiger partial charge in [0.1, 0.15) is 0 Å². The zero-order valence-corrected chi connectivity index (χ0v) is 12.4. The molecule has 0 saturated heterocycles. The molecule has 1 unspecified atom stereocenters. The number of nitrogens with zero attached hydrogens (tertiary/aromatic N) is 2. The number of rotatable bonds is 5. The first kappa shape index (κ1) is 15.0. The van der Waals surface area contributed by atoms with Crippen LogP contribution in [0.2, 0.25) is 0 Å².